The van der Waals surface area contributed by atoms with Gasteiger partial charge in [0.05, 0.1) is 4.92 Å². The second kappa shape index (κ2) is 3.96. The minimum absolute atomic E-state index is 0. The van der Waals surface area contributed by atoms with Crippen LogP contribution >= 0.6 is 0 Å². The third-order valence-electron chi connectivity index (χ3n) is 2.07. The number of aromatic amines is 1. The molecule has 0 aliphatic rings. The van der Waals surface area contributed by atoms with E-state index in [1.807, 2.05) is 6.07 Å². The summed E-state index contributed by atoms with van der Waals surface area (Å²) >= 11 is 0. The van der Waals surface area contributed by atoms with Crippen LogP contribution < -0.4 is 0 Å². The van der Waals surface area contributed by atoms with Crippen LogP contribution in [0.3, 0.4) is 0 Å². The zero-order valence-corrected chi connectivity index (χ0v) is 8.86. The molecule has 0 spiro atoms. The predicted octanol–water partition coefficient (Wildman–Crippen LogP) is 2.38. The molecule has 4 nitrogen and oxygen atoms in total. The normalized spacial score (nSPS) is 9.79. The molecule has 0 bridgehead atoms. The summed E-state index contributed by atoms with van der Waals surface area (Å²) in [5.41, 5.74) is 1.79. The molecule has 1 aromatic carbocycles. The maximum atomic E-state index is 10.6. The molecule has 0 saturated heterocycles. The number of benzene rings is 1. The Bertz CT molecular complexity index is 479. The summed E-state index contributed by atoms with van der Waals surface area (Å²) in [7, 11) is 0. The number of fused-ring (bicyclic) bond motifs is 1. The summed E-state index contributed by atoms with van der Waals surface area (Å²) < 4.78 is 0. The number of aromatic nitrogens is 1. The molecule has 0 atom stereocenters. The van der Waals surface area contributed by atoms with Gasteiger partial charge in [-0.2, -0.15) is 0 Å². The first kappa shape index (κ1) is 11.0. The van der Waals surface area contributed by atoms with Crippen LogP contribution in [-0.4, -0.2) is 9.91 Å². The molecular formula is C9H8AgN2O2. The number of H-pyrrole nitrogens is 1. The molecule has 1 aromatic heterocycles. The third kappa shape index (κ3) is 1.72. The van der Waals surface area contributed by atoms with Gasteiger partial charge in [-0.3, -0.25) is 10.1 Å². The van der Waals surface area contributed by atoms with Crippen LogP contribution in [0.15, 0.2) is 24.4 Å². The molecule has 14 heavy (non-hydrogen) atoms. The van der Waals surface area contributed by atoms with Crippen LogP contribution in [0.25, 0.3) is 10.9 Å². The monoisotopic (exact) mass is 283 g/mol. The Morgan fingerprint density at radius 3 is 2.79 bits per heavy atom. The first-order valence-electron chi connectivity index (χ1n) is 3.90. The van der Waals surface area contributed by atoms with Crippen molar-refractivity contribution < 1.29 is 27.3 Å². The maximum Gasteiger partial charge on any atom is 0.273 e. The van der Waals surface area contributed by atoms with Gasteiger partial charge in [-0.05, 0) is 19.1 Å². The molecule has 0 saturated carbocycles. The smallest absolute Gasteiger partial charge is 0.273 e. The Morgan fingerprint density at radius 2 is 2.14 bits per heavy atom. The fourth-order valence-electron chi connectivity index (χ4n) is 1.39. The second-order valence-electron chi connectivity index (χ2n) is 2.96. The molecule has 77 valence electrons. The van der Waals surface area contributed by atoms with Gasteiger partial charge in [-0.1, -0.05) is 0 Å². The number of hydrogen-bond donors (Lipinski definition) is 1. The van der Waals surface area contributed by atoms with E-state index in [2.05, 4.69) is 4.98 Å². The molecule has 0 unspecified atom stereocenters. The number of nitro benzene ring substituents is 1. The Kier molecular flexibility index (Phi) is 3.10. The minimum atomic E-state index is -0.359. The number of nitrogens with zero attached hydrogens (tertiary/aromatic N) is 1. The predicted molar refractivity (Wildman–Crippen MR) is 49.7 cm³/mol. The number of hydrogen-bond acceptors (Lipinski definition) is 2. The van der Waals surface area contributed by atoms with E-state index in [0.717, 1.165) is 10.9 Å². The van der Waals surface area contributed by atoms with E-state index >= 15 is 0 Å². The zero-order valence-electron chi connectivity index (χ0n) is 7.37. The second-order valence-corrected chi connectivity index (χ2v) is 2.96. The molecule has 1 N–H and O–H groups in total. The largest absolute Gasteiger partial charge is 0.361 e. The third-order valence-corrected chi connectivity index (χ3v) is 2.07. The van der Waals surface area contributed by atoms with Crippen molar-refractivity contribution in [3.05, 3.63) is 40.1 Å². The van der Waals surface area contributed by atoms with E-state index in [9.17, 15) is 10.1 Å². The first-order valence-corrected chi connectivity index (χ1v) is 3.90. The van der Waals surface area contributed by atoms with Gasteiger partial charge in [0, 0.05) is 51.1 Å². The standard InChI is InChI=1S/C9H8N2O2.Ag/c1-6-4-8-7(2-3-10-8)5-9(6)11(12)13;/h2-5,10H,1H3;. The van der Waals surface area contributed by atoms with Gasteiger partial charge in [0.1, 0.15) is 0 Å². The van der Waals surface area contributed by atoms with E-state index in [0.29, 0.717) is 5.56 Å². The van der Waals surface area contributed by atoms with Crippen molar-refractivity contribution in [2.75, 3.05) is 0 Å². The Balaban J connectivity index is 0.000000980. The average Bonchev–Trinajstić information content (AvgIpc) is 2.48. The topological polar surface area (TPSA) is 58.9 Å². The van der Waals surface area contributed by atoms with E-state index in [4.69, 9.17) is 0 Å². The van der Waals surface area contributed by atoms with Crippen molar-refractivity contribution in [2.45, 2.75) is 6.92 Å². The number of nitrogens with one attached hydrogen (secondary N) is 1. The summed E-state index contributed by atoms with van der Waals surface area (Å²) in [6.07, 6.45) is 1.77. The molecular weight excluding hydrogens is 276 g/mol. The van der Waals surface area contributed by atoms with Gasteiger partial charge in [0.25, 0.3) is 5.69 Å². The van der Waals surface area contributed by atoms with Crippen LogP contribution in [-0.2, 0) is 22.4 Å². The van der Waals surface area contributed by atoms with Gasteiger partial charge in [0.2, 0.25) is 0 Å². The van der Waals surface area contributed by atoms with Crippen molar-refractivity contribution in [2.24, 2.45) is 0 Å². The van der Waals surface area contributed by atoms with Crippen molar-refractivity contribution >= 4 is 16.6 Å². The molecule has 0 aliphatic heterocycles. The fourth-order valence-corrected chi connectivity index (χ4v) is 1.39. The maximum absolute atomic E-state index is 10.6. The van der Waals surface area contributed by atoms with E-state index in [-0.39, 0.29) is 33.0 Å². The summed E-state index contributed by atoms with van der Waals surface area (Å²) in [5.74, 6) is 0. The van der Waals surface area contributed by atoms with Gasteiger partial charge in [-0.25, -0.2) is 0 Å². The number of rotatable bonds is 1. The molecule has 0 fully saturated rings. The van der Waals surface area contributed by atoms with Crippen LogP contribution in [0.2, 0.25) is 0 Å². The van der Waals surface area contributed by atoms with Crippen molar-refractivity contribution in [1.29, 1.82) is 0 Å². The summed E-state index contributed by atoms with van der Waals surface area (Å²) in [4.78, 5) is 13.2. The number of nitro groups is 1. The van der Waals surface area contributed by atoms with Crippen LogP contribution in [0.4, 0.5) is 5.69 Å². The molecule has 2 aromatic rings. The van der Waals surface area contributed by atoms with Gasteiger partial charge in [-0.15, -0.1) is 0 Å². The fraction of sp³-hybridized carbons (Fsp3) is 0.111. The van der Waals surface area contributed by atoms with Crippen molar-refractivity contribution in [1.82, 2.24) is 4.98 Å². The van der Waals surface area contributed by atoms with Gasteiger partial charge < -0.3 is 4.98 Å². The Morgan fingerprint density at radius 1 is 1.43 bits per heavy atom. The first-order chi connectivity index (χ1) is 6.18. The quantitative estimate of drug-likeness (QED) is 0.496. The van der Waals surface area contributed by atoms with Crippen molar-refractivity contribution in [3.8, 4) is 0 Å². The van der Waals surface area contributed by atoms with Gasteiger partial charge >= 0.3 is 0 Å². The van der Waals surface area contributed by atoms with Crippen LogP contribution in [0.5, 0.6) is 0 Å². The Labute approximate surface area is 96.0 Å². The molecule has 0 aliphatic carbocycles. The van der Waals surface area contributed by atoms with Gasteiger partial charge in [0.15, 0.2) is 0 Å². The SMILES string of the molecule is Cc1cc2[nH]ccc2cc1[N+](=O)[O-].[Ag]. The van der Waals surface area contributed by atoms with E-state index < -0.39 is 0 Å². The molecule has 1 radical (unpaired) electrons. The van der Waals surface area contributed by atoms with Crippen LogP contribution in [0, 0.1) is 17.0 Å². The zero-order chi connectivity index (χ0) is 9.42. The molecule has 1 heterocycles. The van der Waals surface area contributed by atoms with Crippen molar-refractivity contribution in [3.63, 3.8) is 0 Å². The molecule has 0 amide bonds. The number of aryl methyl sites for hydroxylation is 1. The minimum Gasteiger partial charge on any atom is -0.361 e. The van der Waals surface area contributed by atoms with E-state index in [1.165, 1.54) is 0 Å². The summed E-state index contributed by atoms with van der Waals surface area (Å²) in [5, 5.41) is 11.5. The summed E-state index contributed by atoms with van der Waals surface area (Å²) in [6, 6.07) is 5.19. The summed E-state index contributed by atoms with van der Waals surface area (Å²) in [6.45, 7) is 1.73. The Hall–Kier alpha value is -1.10. The molecule has 5 heteroatoms. The van der Waals surface area contributed by atoms with E-state index in [1.54, 1.807) is 25.3 Å². The average molecular weight is 284 g/mol. The van der Waals surface area contributed by atoms with Crippen LogP contribution in [0.1, 0.15) is 5.56 Å². The molecule has 2 rings (SSSR count).